The number of hydrogen-bond donors (Lipinski definition) is 2. The van der Waals surface area contributed by atoms with Gasteiger partial charge >= 0.3 is 0 Å². The maximum absolute atomic E-state index is 13.1. The fourth-order valence-electron chi connectivity index (χ4n) is 1.37. The van der Waals surface area contributed by atoms with Crippen molar-refractivity contribution in [1.82, 2.24) is 5.32 Å². The number of anilines is 1. The average molecular weight is 252 g/mol. The lowest BCUT2D eigenvalue weighted by Gasteiger charge is -2.27. The SMILES string of the molecule is CC(CNC(=O)c1cc(F)ccc1N)C(C)(C)C. The first-order valence-corrected chi connectivity index (χ1v) is 6.05. The Bertz CT molecular complexity index is 438. The van der Waals surface area contributed by atoms with E-state index in [1.807, 2.05) is 0 Å². The highest BCUT2D eigenvalue weighted by molar-refractivity contribution is 5.99. The van der Waals surface area contributed by atoms with Gasteiger partial charge in [-0.3, -0.25) is 4.79 Å². The third-order valence-corrected chi connectivity index (χ3v) is 3.31. The molecule has 0 spiro atoms. The van der Waals surface area contributed by atoms with Crippen LogP contribution >= 0.6 is 0 Å². The normalized spacial score (nSPS) is 13.2. The number of nitrogen functional groups attached to an aromatic ring is 1. The Morgan fingerprint density at radius 1 is 1.44 bits per heavy atom. The minimum atomic E-state index is -0.460. The number of halogens is 1. The zero-order valence-corrected chi connectivity index (χ0v) is 11.4. The van der Waals surface area contributed by atoms with E-state index in [1.54, 1.807) is 0 Å². The largest absolute Gasteiger partial charge is 0.398 e. The second-order valence-corrected chi connectivity index (χ2v) is 5.71. The van der Waals surface area contributed by atoms with Gasteiger partial charge in [-0.25, -0.2) is 4.39 Å². The summed E-state index contributed by atoms with van der Waals surface area (Å²) < 4.78 is 13.1. The van der Waals surface area contributed by atoms with Crippen molar-refractivity contribution in [3.63, 3.8) is 0 Å². The van der Waals surface area contributed by atoms with E-state index in [0.29, 0.717) is 12.5 Å². The van der Waals surface area contributed by atoms with Gasteiger partial charge in [0.1, 0.15) is 5.82 Å². The van der Waals surface area contributed by atoms with Gasteiger partial charge in [-0.1, -0.05) is 27.7 Å². The molecule has 0 fully saturated rings. The average Bonchev–Trinajstić information content (AvgIpc) is 2.27. The van der Waals surface area contributed by atoms with Crippen LogP contribution in [0.2, 0.25) is 0 Å². The van der Waals surface area contributed by atoms with E-state index in [1.165, 1.54) is 12.1 Å². The smallest absolute Gasteiger partial charge is 0.253 e. The summed E-state index contributed by atoms with van der Waals surface area (Å²) in [5.41, 5.74) is 6.25. The maximum atomic E-state index is 13.1. The number of nitrogens with one attached hydrogen (secondary N) is 1. The van der Waals surface area contributed by atoms with Crippen LogP contribution in [-0.4, -0.2) is 12.5 Å². The van der Waals surface area contributed by atoms with Gasteiger partial charge in [0.05, 0.1) is 5.56 Å². The van der Waals surface area contributed by atoms with Crippen molar-refractivity contribution in [2.75, 3.05) is 12.3 Å². The Morgan fingerprint density at radius 3 is 2.61 bits per heavy atom. The predicted octanol–water partition coefficient (Wildman–Crippen LogP) is 2.82. The monoisotopic (exact) mass is 252 g/mol. The van der Waals surface area contributed by atoms with E-state index in [9.17, 15) is 9.18 Å². The number of carbonyl (C=O) groups excluding carboxylic acids is 1. The lowest BCUT2D eigenvalue weighted by Crippen LogP contribution is -2.34. The van der Waals surface area contributed by atoms with Crippen LogP contribution in [0.4, 0.5) is 10.1 Å². The first kappa shape index (κ1) is 14.5. The molecule has 4 heteroatoms. The van der Waals surface area contributed by atoms with Crippen LogP contribution in [0.25, 0.3) is 0 Å². The van der Waals surface area contributed by atoms with Crippen molar-refractivity contribution in [3.8, 4) is 0 Å². The molecular formula is C14H21FN2O. The van der Waals surface area contributed by atoms with Crippen LogP contribution in [0.1, 0.15) is 38.1 Å². The Kier molecular flexibility index (Phi) is 4.33. The first-order valence-electron chi connectivity index (χ1n) is 6.05. The third kappa shape index (κ3) is 3.72. The summed E-state index contributed by atoms with van der Waals surface area (Å²) in [5, 5.41) is 2.79. The van der Waals surface area contributed by atoms with E-state index in [-0.39, 0.29) is 22.6 Å². The summed E-state index contributed by atoms with van der Waals surface area (Å²) in [6.45, 7) is 8.94. The summed E-state index contributed by atoms with van der Waals surface area (Å²) >= 11 is 0. The molecule has 1 unspecified atom stereocenters. The summed E-state index contributed by atoms with van der Waals surface area (Å²) in [7, 11) is 0. The van der Waals surface area contributed by atoms with Crippen molar-refractivity contribution in [2.24, 2.45) is 11.3 Å². The van der Waals surface area contributed by atoms with E-state index < -0.39 is 5.82 Å². The van der Waals surface area contributed by atoms with Crippen molar-refractivity contribution >= 4 is 11.6 Å². The summed E-state index contributed by atoms with van der Waals surface area (Å²) in [6.07, 6.45) is 0. The number of amides is 1. The van der Waals surface area contributed by atoms with Crippen LogP contribution in [0.15, 0.2) is 18.2 Å². The standard InChI is InChI=1S/C14H21FN2O/c1-9(14(2,3)4)8-17-13(18)11-7-10(15)5-6-12(11)16/h5-7,9H,8,16H2,1-4H3,(H,17,18). The highest BCUT2D eigenvalue weighted by Gasteiger charge is 2.21. The van der Waals surface area contributed by atoms with Crippen LogP contribution in [0.3, 0.4) is 0 Å². The molecular weight excluding hydrogens is 231 g/mol. The number of benzene rings is 1. The molecule has 0 saturated heterocycles. The molecule has 1 amide bonds. The molecule has 100 valence electrons. The molecule has 3 N–H and O–H groups in total. The zero-order valence-electron chi connectivity index (χ0n) is 11.4. The molecule has 0 bridgehead atoms. The zero-order chi connectivity index (χ0) is 13.9. The van der Waals surface area contributed by atoms with Crippen LogP contribution in [0.5, 0.6) is 0 Å². The summed E-state index contributed by atoms with van der Waals surface area (Å²) in [4.78, 5) is 11.9. The number of carbonyl (C=O) groups is 1. The maximum Gasteiger partial charge on any atom is 0.253 e. The number of rotatable bonds is 3. The Balaban J connectivity index is 2.69. The second-order valence-electron chi connectivity index (χ2n) is 5.71. The van der Waals surface area contributed by atoms with Crippen LogP contribution < -0.4 is 11.1 Å². The Labute approximate surface area is 108 Å². The molecule has 1 aromatic carbocycles. The predicted molar refractivity (Wildman–Crippen MR) is 71.8 cm³/mol. The molecule has 1 atom stereocenters. The first-order chi connectivity index (χ1) is 8.21. The minimum absolute atomic E-state index is 0.112. The van der Waals surface area contributed by atoms with E-state index >= 15 is 0 Å². The third-order valence-electron chi connectivity index (χ3n) is 3.31. The van der Waals surface area contributed by atoms with E-state index in [4.69, 9.17) is 5.73 Å². The van der Waals surface area contributed by atoms with Gasteiger partial charge in [-0.15, -0.1) is 0 Å². The van der Waals surface area contributed by atoms with Gasteiger partial charge < -0.3 is 11.1 Å². The lowest BCUT2D eigenvalue weighted by molar-refractivity contribution is 0.0937. The molecule has 0 aliphatic rings. The minimum Gasteiger partial charge on any atom is -0.398 e. The number of hydrogen-bond acceptors (Lipinski definition) is 2. The van der Waals surface area contributed by atoms with Crippen molar-refractivity contribution in [1.29, 1.82) is 0 Å². The highest BCUT2D eigenvalue weighted by atomic mass is 19.1. The molecule has 0 saturated carbocycles. The van der Waals surface area contributed by atoms with Crippen LogP contribution in [0, 0.1) is 17.2 Å². The summed E-state index contributed by atoms with van der Waals surface area (Å²) in [6, 6.07) is 3.80. The van der Waals surface area contributed by atoms with Crippen LogP contribution in [-0.2, 0) is 0 Å². The fourth-order valence-corrected chi connectivity index (χ4v) is 1.37. The molecule has 0 radical (unpaired) electrons. The molecule has 1 aromatic rings. The van der Waals surface area contributed by atoms with Gasteiger partial charge in [-0.2, -0.15) is 0 Å². The van der Waals surface area contributed by atoms with E-state index in [2.05, 4.69) is 33.0 Å². The lowest BCUT2D eigenvalue weighted by atomic mass is 9.82. The second kappa shape index (κ2) is 5.38. The molecule has 3 nitrogen and oxygen atoms in total. The Morgan fingerprint density at radius 2 is 2.06 bits per heavy atom. The van der Waals surface area contributed by atoms with Gasteiger partial charge in [0.15, 0.2) is 0 Å². The highest BCUT2D eigenvalue weighted by Crippen LogP contribution is 2.24. The van der Waals surface area contributed by atoms with Gasteiger partial charge in [-0.05, 0) is 29.5 Å². The molecule has 1 rings (SSSR count). The molecule has 18 heavy (non-hydrogen) atoms. The number of nitrogens with two attached hydrogens (primary N) is 1. The molecule has 0 aromatic heterocycles. The quantitative estimate of drug-likeness (QED) is 0.813. The van der Waals surface area contributed by atoms with Gasteiger partial charge in [0.25, 0.3) is 5.91 Å². The topological polar surface area (TPSA) is 55.1 Å². The summed E-state index contributed by atoms with van der Waals surface area (Å²) in [5.74, 6) is -0.474. The van der Waals surface area contributed by atoms with Gasteiger partial charge in [0, 0.05) is 12.2 Å². The van der Waals surface area contributed by atoms with Crippen molar-refractivity contribution in [3.05, 3.63) is 29.6 Å². The molecule has 0 aliphatic carbocycles. The Hall–Kier alpha value is -1.58. The van der Waals surface area contributed by atoms with Crippen molar-refractivity contribution < 1.29 is 9.18 Å². The van der Waals surface area contributed by atoms with E-state index in [0.717, 1.165) is 6.07 Å². The molecule has 0 aliphatic heterocycles. The fraction of sp³-hybridized carbons (Fsp3) is 0.500. The van der Waals surface area contributed by atoms with Crippen molar-refractivity contribution in [2.45, 2.75) is 27.7 Å². The van der Waals surface area contributed by atoms with Gasteiger partial charge in [0.2, 0.25) is 0 Å². The molecule has 0 heterocycles.